The van der Waals surface area contributed by atoms with E-state index in [1.54, 1.807) is 12.4 Å². The lowest BCUT2D eigenvalue weighted by Gasteiger charge is -2.21. The Labute approximate surface area is 322 Å². The molecule has 3 aromatic heterocycles. The third-order valence-electron chi connectivity index (χ3n) is 10.7. The first kappa shape index (κ1) is 32.4. The summed E-state index contributed by atoms with van der Waals surface area (Å²) < 4.78 is 4.55. The summed E-state index contributed by atoms with van der Waals surface area (Å²) in [6, 6.07) is 60.0. The Kier molecular flexibility index (Phi) is 7.53. The van der Waals surface area contributed by atoms with Crippen LogP contribution in [0, 0.1) is 34.0 Å². The molecule has 6 nitrogen and oxygen atoms in total. The van der Waals surface area contributed by atoms with Crippen molar-refractivity contribution in [3.8, 4) is 63.0 Å². The number of benzene rings is 7. The lowest BCUT2D eigenvalue weighted by atomic mass is 9.98. The summed E-state index contributed by atoms with van der Waals surface area (Å²) in [4.78, 5) is 4.40. The number of aromatic nitrogens is 3. The van der Waals surface area contributed by atoms with Crippen LogP contribution in [0.4, 0.5) is 0 Å². The third kappa shape index (κ3) is 5.12. The first-order chi connectivity index (χ1) is 27.6. The molecule has 0 amide bonds. The second-order valence-corrected chi connectivity index (χ2v) is 13.8. The van der Waals surface area contributed by atoms with Gasteiger partial charge in [0, 0.05) is 39.5 Å². The Morgan fingerprint density at radius 3 is 1.29 bits per heavy atom. The number of fused-ring (bicyclic) bond motifs is 6. The summed E-state index contributed by atoms with van der Waals surface area (Å²) in [5.41, 5.74) is 13.1. The van der Waals surface area contributed by atoms with E-state index < -0.39 is 0 Å². The number of para-hydroxylation sites is 2. The molecular weight excluding hydrogens is 685 g/mol. The van der Waals surface area contributed by atoms with E-state index in [4.69, 9.17) is 0 Å². The van der Waals surface area contributed by atoms with E-state index in [2.05, 4.69) is 105 Å². The molecule has 0 fully saturated rings. The standard InChI is InChI=1S/C50H28N6/c51-29-32-7-5-9-36(23-32)38-15-17-42-40-11-1-3-13-44(40)55(46(42)27-38)48-25-34(31-53)26-49(50(48)35-19-21-54-22-20-35)56-45-14-4-2-12-41(45)43-18-16-39(28-47(43)56)37-10-6-8-33(24-37)30-52/h1-28H. The molecule has 56 heavy (non-hydrogen) atoms. The van der Waals surface area contributed by atoms with Gasteiger partial charge < -0.3 is 9.13 Å². The summed E-state index contributed by atoms with van der Waals surface area (Å²) >= 11 is 0. The van der Waals surface area contributed by atoms with Crippen LogP contribution in [-0.4, -0.2) is 14.1 Å². The van der Waals surface area contributed by atoms with Crippen molar-refractivity contribution in [1.82, 2.24) is 14.1 Å². The average molecular weight is 713 g/mol. The van der Waals surface area contributed by atoms with Crippen LogP contribution in [0.15, 0.2) is 170 Å². The van der Waals surface area contributed by atoms with Crippen molar-refractivity contribution >= 4 is 43.6 Å². The van der Waals surface area contributed by atoms with Crippen molar-refractivity contribution in [2.75, 3.05) is 0 Å². The Hall–Kier alpha value is -8.24. The van der Waals surface area contributed by atoms with Crippen molar-refractivity contribution in [2.45, 2.75) is 0 Å². The minimum Gasteiger partial charge on any atom is -0.308 e. The number of nitriles is 3. The molecule has 10 aromatic rings. The van der Waals surface area contributed by atoms with Gasteiger partial charge in [0.1, 0.15) is 0 Å². The van der Waals surface area contributed by atoms with Crippen LogP contribution < -0.4 is 0 Å². The van der Waals surface area contributed by atoms with E-state index in [-0.39, 0.29) is 0 Å². The Morgan fingerprint density at radius 1 is 0.357 bits per heavy atom. The molecule has 3 heterocycles. The van der Waals surface area contributed by atoms with Gasteiger partial charge in [-0.25, -0.2) is 0 Å². The average Bonchev–Trinajstić information content (AvgIpc) is 3.78. The highest BCUT2D eigenvalue weighted by Crippen LogP contribution is 2.44. The molecule has 0 spiro atoms. The second kappa shape index (κ2) is 13.0. The minimum absolute atomic E-state index is 0.514. The molecule has 7 aromatic carbocycles. The monoisotopic (exact) mass is 712 g/mol. The molecule has 0 N–H and O–H groups in total. The molecule has 6 heteroatoms. The summed E-state index contributed by atoms with van der Waals surface area (Å²) in [7, 11) is 0. The van der Waals surface area contributed by atoms with Gasteiger partial charge in [-0.1, -0.05) is 84.9 Å². The molecule has 0 aliphatic carbocycles. The summed E-state index contributed by atoms with van der Waals surface area (Å²) in [6.07, 6.45) is 3.61. The van der Waals surface area contributed by atoms with Gasteiger partial charge in [0.05, 0.1) is 68.3 Å². The summed E-state index contributed by atoms with van der Waals surface area (Å²) in [5, 5.41) is 34.5. The molecule has 258 valence electrons. The van der Waals surface area contributed by atoms with Crippen molar-refractivity contribution in [2.24, 2.45) is 0 Å². The maximum Gasteiger partial charge on any atom is 0.0993 e. The highest BCUT2D eigenvalue weighted by molar-refractivity contribution is 6.13. The largest absolute Gasteiger partial charge is 0.308 e. The van der Waals surface area contributed by atoms with Crippen molar-refractivity contribution < 1.29 is 0 Å². The summed E-state index contributed by atoms with van der Waals surface area (Å²) in [6.45, 7) is 0. The van der Waals surface area contributed by atoms with Crippen molar-refractivity contribution in [3.63, 3.8) is 0 Å². The number of hydrogen-bond donors (Lipinski definition) is 0. The zero-order valence-electron chi connectivity index (χ0n) is 29.8. The van der Waals surface area contributed by atoms with Gasteiger partial charge in [-0.3, -0.25) is 4.98 Å². The first-order valence-corrected chi connectivity index (χ1v) is 18.2. The van der Waals surface area contributed by atoms with Gasteiger partial charge in [-0.05, 0) is 101 Å². The quantitative estimate of drug-likeness (QED) is 0.177. The number of pyridine rings is 1. The maximum atomic E-state index is 10.7. The van der Waals surface area contributed by atoms with Crippen LogP contribution in [0.1, 0.15) is 16.7 Å². The number of hydrogen-bond acceptors (Lipinski definition) is 4. The van der Waals surface area contributed by atoms with Crippen LogP contribution in [-0.2, 0) is 0 Å². The van der Waals surface area contributed by atoms with E-state index in [9.17, 15) is 15.8 Å². The molecular formula is C50H28N6. The van der Waals surface area contributed by atoms with Gasteiger partial charge in [-0.15, -0.1) is 0 Å². The molecule has 10 rings (SSSR count). The third-order valence-corrected chi connectivity index (χ3v) is 10.7. The normalized spacial score (nSPS) is 11.2. The molecule has 0 aliphatic heterocycles. The van der Waals surface area contributed by atoms with Gasteiger partial charge in [0.15, 0.2) is 0 Å². The molecule has 0 saturated heterocycles. The molecule has 0 bridgehead atoms. The predicted molar refractivity (Wildman–Crippen MR) is 223 cm³/mol. The van der Waals surface area contributed by atoms with Crippen molar-refractivity contribution in [3.05, 3.63) is 187 Å². The molecule has 0 saturated carbocycles. The van der Waals surface area contributed by atoms with Gasteiger partial charge in [0.2, 0.25) is 0 Å². The van der Waals surface area contributed by atoms with Gasteiger partial charge in [-0.2, -0.15) is 15.8 Å². The van der Waals surface area contributed by atoms with E-state index in [0.717, 1.165) is 88.4 Å². The second-order valence-electron chi connectivity index (χ2n) is 13.8. The Balaban J connectivity index is 1.34. The predicted octanol–water partition coefficient (Wildman–Crippen LogP) is 11.9. The maximum absolute atomic E-state index is 10.7. The smallest absolute Gasteiger partial charge is 0.0993 e. The van der Waals surface area contributed by atoms with E-state index in [0.29, 0.717) is 16.7 Å². The van der Waals surface area contributed by atoms with Crippen LogP contribution in [0.5, 0.6) is 0 Å². The zero-order valence-corrected chi connectivity index (χ0v) is 29.8. The first-order valence-electron chi connectivity index (χ1n) is 18.2. The minimum atomic E-state index is 0.514. The van der Waals surface area contributed by atoms with Gasteiger partial charge in [0.25, 0.3) is 0 Å². The van der Waals surface area contributed by atoms with Crippen LogP contribution in [0.3, 0.4) is 0 Å². The van der Waals surface area contributed by atoms with Crippen LogP contribution in [0.2, 0.25) is 0 Å². The van der Waals surface area contributed by atoms with E-state index in [1.165, 1.54) is 0 Å². The fourth-order valence-corrected chi connectivity index (χ4v) is 8.20. The fourth-order valence-electron chi connectivity index (χ4n) is 8.20. The van der Waals surface area contributed by atoms with E-state index >= 15 is 0 Å². The van der Waals surface area contributed by atoms with Crippen molar-refractivity contribution in [1.29, 1.82) is 15.8 Å². The number of nitrogens with zero attached hydrogens (tertiary/aromatic N) is 6. The lowest BCUT2D eigenvalue weighted by molar-refractivity contribution is 1.13. The lowest BCUT2D eigenvalue weighted by Crippen LogP contribution is -2.05. The zero-order chi connectivity index (χ0) is 37.8. The number of rotatable bonds is 5. The Bertz CT molecular complexity index is 3150. The molecule has 0 radical (unpaired) electrons. The topological polar surface area (TPSA) is 94.1 Å². The van der Waals surface area contributed by atoms with Crippen LogP contribution in [0.25, 0.3) is 88.4 Å². The fraction of sp³-hybridized carbons (Fsp3) is 0. The SMILES string of the molecule is N#Cc1cccc(-c2ccc3c4ccccc4n(-c4cc(C#N)cc(-n5c6ccccc6c6ccc(-c7cccc(C#N)c7)cc65)c4-c4ccncc4)c3c2)c1. The molecule has 0 aliphatic rings. The van der Waals surface area contributed by atoms with Crippen LogP contribution >= 0.6 is 0 Å². The highest BCUT2D eigenvalue weighted by atomic mass is 15.0. The van der Waals surface area contributed by atoms with Gasteiger partial charge >= 0.3 is 0 Å². The summed E-state index contributed by atoms with van der Waals surface area (Å²) in [5.74, 6) is 0. The Morgan fingerprint density at radius 2 is 0.804 bits per heavy atom. The van der Waals surface area contributed by atoms with E-state index in [1.807, 2.05) is 84.9 Å². The molecule has 0 unspecified atom stereocenters. The highest BCUT2D eigenvalue weighted by Gasteiger charge is 2.23. The molecule has 0 atom stereocenters.